The van der Waals surface area contributed by atoms with E-state index in [1.807, 2.05) is 44.2 Å². The molecule has 5 nitrogen and oxygen atoms in total. The second-order valence-electron chi connectivity index (χ2n) is 7.80. The van der Waals surface area contributed by atoms with Crippen molar-refractivity contribution in [2.24, 2.45) is 5.92 Å². The topological polar surface area (TPSA) is 54.5 Å². The third-order valence-electron chi connectivity index (χ3n) is 5.21. The van der Waals surface area contributed by atoms with Crippen molar-refractivity contribution in [2.75, 3.05) is 24.5 Å². The summed E-state index contributed by atoms with van der Waals surface area (Å²) in [7, 11) is 0. The number of fused-ring (bicyclic) bond motifs is 1. The second kappa shape index (κ2) is 8.82. The number of benzene rings is 2. The molecule has 6 heteroatoms. The molecule has 1 aromatic heterocycles. The first-order valence-corrected chi connectivity index (χ1v) is 11.1. The van der Waals surface area contributed by atoms with Crippen molar-refractivity contribution >= 4 is 32.6 Å². The highest BCUT2D eigenvalue weighted by molar-refractivity contribution is 7.22. The molecule has 0 spiro atoms. The van der Waals surface area contributed by atoms with Gasteiger partial charge in [0.1, 0.15) is 5.75 Å². The van der Waals surface area contributed by atoms with Gasteiger partial charge in [0.05, 0.1) is 16.3 Å². The van der Waals surface area contributed by atoms with E-state index in [0.29, 0.717) is 11.5 Å². The van der Waals surface area contributed by atoms with Crippen LogP contribution in [0.3, 0.4) is 0 Å². The fourth-order valence-corrected chi connectivity index (χ4v) is 4.64. The molecule has 0 atom stereocenters. The molecular formula is C23H27N3O2S. The molecule has 29 heavy (non-hydrogen) atoms. The first kappa shape index (κ1) is 19.7. The lowest BCUT2D eigenvalue weighted by Gasteiger charge is -2.31. The Balaban J connectivity index is 1.26. The average molecular weight is 410 g/mol. The number of amides is 1. The lowest BCUT2D eigenvalue weighted by molar-refractivity contribution is 0.0945. The predicted molar refractivity (Wildman–Crippen MR) is 119 cm³/mol. The number of thiazole rings is 1. The van der Waals surface area contributed by atoms with Crippen LogP contribution in [0.1, 0.15) is 37.0 Å². The molecule has 2 heterocycles. The molecule has 1 aliphatic rings. The van der Waals surface area contributed by atoms with Crippen LogP contribution in [-0.2, 0) is 0 Å². The van der Waals surface area contributed by atoms with Gasteiger partial charge in [-0.1, -0.05) is 23.5 Å². The maximum Gasteiger partial charge on any atom is 0.251 e. The molecule has 1 aliphatic heterocycles. The van der Waals surface area contributed by atoms with Crippen molar-refractivity contribution in [3.63, 3.8) is 0 Å². The maximum absolute atomic E-state index is 12.4. The van der Waals surface area contributed by atoms with Crippen LogP contribution < -0.4 is 15.0 Å². The van der Waals surface area contributed by atoms with Gasteiger partial charge in [0.2, 0.25) is 0 Å². The highest BCUT2D eigenvalue weighted by Gasteiger charge is 2.22. The zero-order chi connectivity index (χ0) is 20.2. The largest absolute Gasteiger partial charge is 0.491 e. The Morgan fingerprint density at radius 3 is 2.59 bits per heavy atom. The molecule has 0 bridgehead atoms. The molecule has 1 saturated heterocycles. The van der Waals surface area contributed by atoms with Gasteiger partial charge in [-0.25, -0.2) is 4.98 Å². The van der Waals surface area contributed by atoms with E-state index >= 15 is 0 Å². The van der Waals surface area contributed by atoms with Crippen LogP contribution in [0.2, 0.25) is 0 Å². The quantitative estimate of drug-likeness (QED) is 0.639. The van der Waals surface area contributed by atoms with Crippen LogP contribution >= 0.6 is 11.3 Å². The monoisotopic (exact) mass is 409 g/mol. The zero-order valence-electron chi connectivity index (χ0n) is 16.9. The Morgan fingerprint density at radius 1 is 1.17 bits per heavy atom. The normalized spacial score (nSPS) is 15.1. The van der Waals surface area contributed by atoms with Crippen molar-refractivity contribution in [1.82, 2.24) is 10.3 Å². The third kappa shape index (κ3) is 4.88. The van der Waals surface area contributed by atoms with Crippen molar-refractivity contribution in [3.05, 3.63) is 54.1 Å². The van der Waals surface area contributed by atoms with Gasteiger partial charge in [0.25, 0.3) is 5.91 Å². The molecule has 0 unspecified atom stereocenters. The Bertz CT molecular complexity index is 927. The van der Waals surface area contributed by atoms with Crippen LogP contribution in [0.25, 0.3) is 10.2 Å². The van der Waals surface area contributed by atoms with Gasteiger partial charge in [-0.05, 0) is 69.0 Å². The van der Waals surface area contributed by atoms with Crippen molar-refractivity contribution in [2.45, 2.75) is 32.8 Å². The molecule has 152 valence electrons. The number of para-hydroxylation sites is 1. The van der Waals surface area contributed by atoms with E-state index in [0.717, 1.165) is 48.9 Å². The number of carbonyl (C=O) groups excluding carboxylic acids is 1. The smallest absolute Gasteiger partial charge is 0.251 e. The fourth-order valence-electron chi connectivity index (χ4n) is 3.62. The summed E-state index contributed by atoms with van der Waals surface area (Å²) in [4.78, 5) is 19.6. The van der Waals surface area contributed by atoms with Crippen LogP contribution in [0.5, 0.6) is 5.75 Å². The van der Waals surface area contributed by atoms with E-state index in [9.17, 15) is 4.79 Å². The molecule has 3 aromatic rings. The molecule has 0 radical (unpaired) electrons. The highest BCUT2D eigenvalue weighted by Crippen LogP contribution is 2.31. The summed E-state index contributed by atoms with van der Waals surface area (Å²) in [6.45, 7) is 6.67. The molecule has 2 aromatic carbocycles. The molecule has 1 fully saturated rings. The van der Waals surface area contributed by atoms with Crippen molar-refractivity contribution in [1.29, 1.82) is 0 Å². The minimum atomic E-state index is -0.0188. The van der Waals surface area contributed by atoms with E-state index in [-0.39, 0.29) is 12.0 Å². The first-order valence-electron chi connectivity index (χ1n) is 10.2. The van der Waals surface area contributed by atoms with E-state index in [2.05, 4.69) is 28.4 Å². The standard InChI is InChI=1S/C23H27N3O2S/c1-16(2)28-19-9-7-18(8-10-19)22(27)24-15-17-11-13-26(14-12-17)23-25-20-5-3-4-6-21(20)29-23/h3-10,16-17H,11-15H2,1-2H3,(H,24,27). The minimum Gasteiger partial charge on any atom is -0.491 e. The summed E-state index contributed by atoms with van der Waals surface area (Å²) < 4.78 is 6.87. The minimum absolute atomic E-state index is 0.0188. The van der Waals surface area contributed by atoms with E-state index in [1.54, 1.807) is 11.3 Å². The van der Waals surface area contributed by atoms with Gasteiger partial charge in [-0.3, -0.25) is 4.79 Å². The number of nitrogens with one attached hydrogen (secondary N) is 1. The van der Waals surface area contributed by atoms with E-state index in [4.69, 9.17) is 9.72 Å². The Hall–Kier alpha value is -2.60. The first-order chi connectivity index (χ1) is 14.1. The van der Waals surface area contributed by atoms with Crippen LogP contribution in [-0.4, -0.2) is 36.6 Å². The maximum atomic E-state index is 12.4. The number of nitrogens with zero attached hydrogens (tertiary/aromatic N) is 2. The summed E-state index contributed by atoms with van der Waals surface area (Å²) in [5.41, 5.74) is 1.75. The number of aromatic nitrogens is 1. The SMILES string of the molecule is CC(C)Oc1ccc(C(=O)NCC2CCN(c3nc4ccccc4s3)CC2)cc1. The predicted octanol–water partition coefficient (Wildman–Crippen LogP) is 4.73. The summed E-state index contributed by atoms with van der Waals surface area (Å²) in [5.74, 6) is 1.28. The molecule has 1 N–H and O–H groups in total. The van der Waals surface area contributed by atoms with Crippen molar-refractivity contribution < 1.29 is 9.53 Å². The van der Waals surface area contributed by atoms with Gasteiger partial charge in [0, 0.05) is 25.2 Å². The zero-order valence-corrected chi connectivity index (χ0v) is 17.7. The molecule has 4 rings (SSSR count). The lowest BCUT2D eigenvalue weighted by atomic mass is 9.97. The van der Waals surface area contributed by atoms with Crippen LogP contribution in [0.15, 0.2) is 48.5 Å². The summed E-state index contributed by atoms with van der Waals surface area (Å²) >= 11 is 1.76. The lowest BCUT2D eigenvalue weighted by Crippen LogP contribution is -2.38. The number of hydrogen-bond donors (Lipinski definition) is 1. The van der Waals surface area contributed by atoms with E-state index in [1.165, 1.54) is 4.70 Å². The summed E-state index contributed by atoms with van der Waals surface area (Å²) in [6, 6.07) is 15.6. The fraction of sp³-hybridized carbons (Fsp3) is 0.391. The third-order valence-corrected chi connectivity index (χ3v) is 6.30. The Morgan fingerprint density at radius 2 is 1.90 bits per heavy atom. The molecule has 0 aliphatic carbocycles. The average Bonchev–Trinajstić information content (AvgIpc) is 3.17. The summed E-state index contributed by atoms with van der Waals surface area (Å²) in [5, 5.41) is 4.20. The molecule has 0 saturated carbocycles. The van der Waals surface area contributed by atoms with Crippen LogP contribution in [0, 0.1) is 5.92 Å². The number of hydrogen-bond acceptors (Lipinski definition) is 5. The number of anilines is 1. The Labute approximate surface area is 175 Å². The number of carbonyl (C=O) groups is 1. The Kier molecular flexibility index (Phi) is 6.00. The highest BCUT2D eigenvalue weighted by atomic mass is 32.1. The van der Waals surface area contributed by atoms with Gasteiger partial charge in [0.15, 0.2) is 5.13 Å². The second-order valence-corrected chi connectivity index (χ2v) is 8.80. The number of ether oxygens (including phenoxy) is 1. The molecular weight excluding hydrogens is 382 g/mol. The van der Waals surface area contributed by atoms with Gasteiger partial charge >= 0.3 is 0 Å². The van der Waals surface area contributed by atoms with Gasteiger partial charge in [-0.15, -0.1) is 0 Å². The van der Waals surface area contributed by atoms with Crippen molar-refractivity contribution in [3.8, 4) is 5.75 Å². The number of piperidine rings is 1. The van der Waals surface area contributed by atoms with Crippen LogP contribution in [0.4, 0.5) is 5.13 Å². The molecule has 1 amide bonds. The van der Waals surface area contributed by atoms with E-state index < -0.39 is 0 Å². The van der Waals surface area contributed by atoms with Gasteiger partial charge < -0.3 is 15.0 Å². The summed E-state index contributed by atoms with van der Waals surface area (Å²) in [6.07, 6.45) is 2.26. The number of rotatable bonds is 6. The van der Waals surface area contributed by atoms with Gasteiger partial charge in [-0.2, -0.15) is 0 Å².